The topological polar surface area (TPSA) is 272 Å². The number of alkyl halides is 1. The lowest BCUT2D eigenvalue weighted by Crippen LogP contribution is -2.35. The Hall–Kier alpha value is -2.66. The minimum atomic E-state index is -4.29. The third-order valence-corrected chi connectivity index (χ3v) is 10.7. The number of H-pyrrole nitrogens is 1. The number of aliphatic hydroxyl groups excluding tert-OH is 1. The first-order valence-electron chi connectivity index (χ1n) is 13.4. The molecule has 0 amide bonds. The quantitative estimate of drug-likeness (QED) is 0.118. The molecule has 0 aliphatic carbocycles. The van der Waals surface area contributed by atoms with Crippen LogP contribution in [0.25, 0.3) is 22.3 Å². The number of nitrogens with one attached hydrogen (secondary N) is 1. The summed E-state index contributed by atoms with van der Waals surface area (Å²) in [5, 5.41) is 11.3. The van der Waals surface area contributed by atoms with Crippen LogP contribution >= 0.6 is 25.8 Å². The molecule has 7 rings (SSSR count). The van der Waals surface area contributed by atoms with Crippen molar-refractivity contribution in [2.24, 2.45) is 0 Å². The van der Waals surface area contributed by atoms with Gasteiger partial charge < -0.3 is 40.0 Å². The standard InChI is InChI=1S/C21H25FN10O10P2S2/c22-9-13-8(40-19(9)32-6-28-11-17(32)29-21(24)30-18(11)34)3-38-44(36,46)42-14-7(1-2-37-43(35,45)41-13)39-20(12(14)33)31-5-27-10-15(23)25-4-26-16(10)31/h4-9,12-14,19-20,33H,1-3H2,(H,35,45)(H,36,46)(H2,23,25,26)(H3,24,29,30,34)/t7-,8-,9-,12-,13-,14-,19-,20-,43?,44?/m1/s1. The van der Waals surface area contributed by atoms with E-state index in [0.29, 0.717) is 0 Å². The van der Waals surface area contributed by atoms with E-state index in [1.807, 2.05) is 0 Å². The molecule has 0 saturated carbocycles. The van der Waals surface area contributed by atoms with Gasteiger partial charge in [-0.3, -0.25) is 28.0 Å². The average molecular weight is 723 g/mol. The number of thiol groups is 1. The number of anilines is 2. The Kier molecular flexibility index (Phi) is 8.18. The van der Waals surface area contributed by atoms with E-state index in [0.717, 1.165) is 10.9 Å². The van der Waals surface area contributed by atoms with Crippen molar-refractivity contribution >= 4 is 71.7 Å². The van der Waals surface area contributed by atoms with Gasteiger partial charge in [0, 0.05) is 6.42 Å². The van der Waals surface area contributed by atoms with E-state index in [1.165, 1.54) is 17.2 Å². The van der Waals surface area contributed by atoms with E-state index >= 15 is 4.39 Å². The van der Waals surface area contributed by atoms with Crippen LogP contribution in [0.1, 0.15) is 18.9 Å². The maximum Gasteiger partial charge on any atom is 0.386 e. The van der Waals surface area contributed by atoms with Crippen LogP contribution in [0.5, 0.6) is 0 Å². The monoisotopic (exact) mass is 722 g/mol. The molecule has 4 aromatic heterocycles. The van der Waals surface area contributed by atoms with Crippen molar-refractivity contribution in [2.45, 2.75) is 55.6 Å². The van der Waals surface area contributed by atoms with Crippen LogP contribution in [-0.4, -0.2) is 98.9 Å². The van der Waals surface area contributed by atoms with Crippen molar-refractivity contribution in [2.75, 3.05) is 24.7 Å². The predicted octanol–water partition coefficient (Wildman–Crippen LogP) is 0.0797. The minimum Gasteiger partial charge on any atom is -0.386 e. The lowest BCUT2D eigenvalue weighted by atomic mass is 10.1. The van der Waals surface area contributed by atoms with Gasteiger partial charge in [-0.2, -0.15) is 4.98 Å². The van der Waals surface area contributed by atoms with Gasteiger partial charge in [0.05, 0.1) is 32.0 Å². The molecule has 0 aromatic carbocycles. The second-order valence-electron chi connectivity index (χ2n) is 10.4. The highest BCUT2D eigenvalue weighted by atomic mass is 32.7. The molecule has 20 nitrogen and oxygen atoms in total. The molecule has 3 fully saturated rings. The zero-order valence-electron chi connectivity index (χ0n) is 23.0. The zero-order chi connectivity index (χ0) is 32.5. The first-order chi connectivity index (χ1) is 21.8. The van der Waals surface area contributed by atoms with Gasteiger partial charge in [0.15, 0.2) is 41.3 Å². The van der Waals surface area contributed by atoms with Crippen LogP contribution in [-0.2, 0) is 43.9 Å². The number of aliphatic hydroxyl groups is 1. The first-order valence-corrected chi connectivity index (χ1v) is 18.7. The fourth-order valence-corrected chi connectivity index (χ4v) is 8.47. The highest BCUT2D eigenvalue weighted by Crippen LogP contribution is 2.58. The number of nitrogen functional groups attached to an aromatic ring is 2. The van der Waals surface area contributed by atoms with E-state index in [1.54, 1.807) is 0 Å². The van der Waals surface area contributed by atoms with Crippen LogP contribution < -0.4 is 17.0 Å². The number of fused-ring (bicyclic) bond motifs is 4. The Morgan fingerprint density at radius 1 is 1.02 bits per heavy atom. The molecule has 7 N–H and O–H groups in total. The molecular formula is C21H25FN10O10P2S2. The highest BCUT2D eigenvalue weighted by Gasteiger charge is 2.52. The Morgan fingerprint density at radius 3 is 2.52 bits per heavy atom. The fraction of sp³-hybridized carbons (Fsp3) is 0.524. The summed E-state index contributed by atoms with van der Waals surface area (Å²) < 4.78 is 65.9. The summed E-state index contributed by atoms with van der Waals surface area (Å²) in [7, 11) is 0. The maximum absolute atomic E-state index is 16.0. The van der Waals surface area contributed by atoms with Crippen molar-refractivity contribution in [3.05, 3.63) is 29.3 Å². The van der Waals surface area contributed by atoms with Crippen LogP contribution in [0, 0.1) is 0 Å². The van der Waals surface area contributed by atoms with Gasteiger partial charge in [-0.25, -0.2) is 28.9 Å². The van der Waals surface area contributed by atoms with Crippen molar-refractivity contribution in [1.29, 1.82) is 0 Å². The molecule has 25 heteroatoms. The number of hydrogen-bond acceptors (Lipinski definition) is 17. The summed E-state index contributed by atoms with van der Waals surface area (Å²) in [5.74, 6) is -0.147. The number of aromatic amines is 1. The number of aromatic nitrogens is 8. The smallest absolute Gasteiger partial charge is 0.386 e. The molecular weight excluding hydrogens is 697 g/mol. The molecule has 3 saturated heterocycles. The first kappa shape index (κ1) is 31.9. The van der Waals surface area contributed by atoms with E-state index in [2.05, 4.69) is 42.2 Å². The van der Waals surface area contributed by atoms with Crippen LogP contribution in [0.3, 0.4) is 0 Å². The highest BCUT2D eigenvalue weighted by molar-refractivity contribution is 8.44. The van der Waals surface area contributed by atoms with Crippen LogP contribution in [0.4, 0.5) is 16.2 Å². The molecule has 3 aliphatic heterocycles. The number of nitrogens with two attached hydrogens (primary N) is 2. The molecule has 2 unspecified atom stereocenters. The Bertz CT molecular complexity index is 1970. The Labute approximate surface area is 266 Å². The normalized spacial score (nSPS) is 37.4. The fourth-order valence-electron chi connectivity index (χ4n) is 5.50. The molecule has 46 heavy (non-hydrogen) atoms. The van der Waals surface area contributed by atoms with E-state index in [-0.39, 0.29) is 47.1 Å². The van der Waals surface area contributed by atoms with Crippen LogP contribution in [0.15, 0.2) is 23.8 Å². The summed E-state index contributed by atoms with van der Waals surface area (Å²) >= 11 is 9.25. The lowest BCUT2D eigenvalue weighted by molar-refractivity contribution is -0.0450. The van der Waals surface area contributed by atoms with Gasteiger partial charge in [0.1, 0.15) is 36.3 Å². The molecule has 0 spiro atoms. The summed E-state index contributed by atoms with van der Waals surface area (Å²) in [6.07, 6.45) is -7.96. The maximum atomic E-state index is 16.0. The van der Waals surface area contributed by atoms with Gasteiger partial charge in [0.25, 0.3) is 5.56 Å². The minimum absolute atomic E-state index is 0.0832. The molecule has 3 aliphatic rings. The zero-order valence-corrected chi connectivity index (χ0v) is 26.5. The molecule has 10 atom stereocenters. The number of rotatable bonds is 2. The van der Waals surface area contributed by atoms with Gasteiger partial charge in [-0.15, -0.1) is 0 Å². The van der Waals surface area contributed by atoms with Gasteiger partial charge in [-0.05, 0) is 11.8 Å². The molecule has 0 bridgehead atoms. The van der Waals surface area contributed by atoms with Crippen LogP contribution in [0.2, 0.25) is 0 Å². The molecule has 4 aromatic rings. The molecule has 7 heterocycles. The number of nitrogens with zero attached hydrogens (tertiary/aromatic N) is 7. The average Bonchev–Trinajstić information content (AvgIpc) is 3.74. The van der Waals surface area contributed by atoms with E-state index < -0.39 is 74.8 Å². The summed E-state index contributed by atoms with van der Waals surface area (Å²) in [6.45, 7) is -9.47. The molecule has 248 valence electrons. The lowest BCUT2D eigenvalue weighted by Gasteiger charge is -2.26. The number of ether oxygens (including phenoxy) is 2. The van der Waals surface area contributed by atoms with Crippen molar-refractivity contribution in [3.63, 3.8) is 0 Å². The van der Waals surface area contributed by atoms with Gasteiger partial charge in [0.2, 0.25) is 5.95 Å². The third-order valence-electron chi connectivity index (χ3n) is 7.53. The summed E-state index contributed by atoms with van der Waals surface area (Å²) in [4.78, 5) is 45.8. The molecule has 0 radical (unpaired) electrons. The van der Waals surface area contributed by atoms with Crippen molar-refractivity contribution in [1.82, 2.24) is 39.0 Å². The number of hydrogen-bond donors (Lipinski definition) is 6. The Morgan fingerprint density at radius 2 is 1.74 bits per heavy atom. The second-order valence-corrected chi connectivity index (χ2v) is 16.1. The van der Waals surface area contributed by atoms with Gasteiger partial charge in [-0.1, -0.05) is 12.2 Å². The van der Waals surface area contributed by atoms with Crippen molar-refractivity contribution in [3.8, 4) is 0 Å². The van der Waals surface area contributed by atoms with Crippen molar-refractivity contribution < 1.29 is 46.5 Å². The summed E-state index contributed by atoms with van der Waals surface area (Å²) in [6, 6.07) is 0. The number of imidazole rings is 2. The van der Waals surface area contributed by atoms with Gasteiger partial charge >= 0.3 is 13.5 Å². The third kappa shape index (κ3) is 5.73. The summed E-state index contributed by atoms with van der Waals surface area (Å²) in [5.41, 5.74) is 11.1. The Balaban J connectivity index is 1.16. The largest absolute Gasteiger partial charge is 0.386 e. The number of halogens is 1. The second kappa shape index (κ2) is 11.8. The van der Waals surface area contributed by atoms with E-state index in [9.17, 15) is 19.4 Å². The SMILES string of the molecule is Nc1nc2c(ncn2[C@@H]2O[C@@H]3COP(O)(=S)O[C@H]4[C@@H](O)[C@H](n5cnc6c(N)ncnc65)O[C@@H]4CCOP(=O)(S)O[C@H]3[C@H]2F)c(=O)[nH]1. The van der Waals surface area contributed by atoms with E-state index in [4.69, 9.17) is 50.8 Å². The predicted molar refractivity (Wildman–Crippen MR) is 160 cm³/mol.